The molecule has 130 valence electrons. The first-order chi connectivity index (χ1) is 11.9. The molecule has 6 nitrogen and oxygen atoms in total. The van der Waals surface area contributed by atoms with E-state index in [4.69, 9.17) is 12.2 Å². The highest BCUT2D eigenvalue weighted by molar-refractivity contribution is 7.80. The summed E-state index contributed by atoms with van der Waals surface area (Å²) in [6.45, 7) is 1.60. The maximum Gasteiger partial charge on any atom is 0.310 e. The lowest BCUT2D eigenvalue weighted by molar-refractivity contribution is -0.138. The second-order valence-electron chi connectivity index (χ2n) is 5.44. The van der Waals surface area contributed by atoms with Crippen LogP contribution in [-0.4, -0.2) is 34.2 Å². The van der Waals surface area contributed by atoms with Crippen LogP contribution in [0.2, 0.25) is 0 Å². The van der Waals surface area contributed by atoms with Gasteiger partial charge in [0.2, 0.25) is 0 Å². The zero-order chi connectivity index (χ0) is 18.4. The van der Waals surface area contributed by atoms with Gasteiger partial charge in [-0.25, -0.2) is 0 Å². The van der Waals surface area contributed by atoms with E-state index in [-0.39, 0.29) is 11.0 Å². The van der Waals surface area contributed by atoms with Crippen molar-refractivity contribution in [2.45, 2.75) is 12.8 Å². The summed E-state index contributed by atoms with van der Waals surface area (Å²) < 4.78 is 0. The molecule has 0 bridgehead atoms. The molecule has 0 radical (unpaired) electrons. The molecule has 1 atom stereocenters. The lowest BCUT2D eigenvalue weighted by Crippen LogP contribution is -2.45. The van der Waals surface area contributed by atoms with Gasteiger partial charge in [0.1, 0.15) is 0 Å². The molecule has 0 fully saturated rings. The summed E-state index contributed by atoms with van der Waals surface area (Å²) in [6, 6.07) is 15.8. The van der Waals surface area contributed by atoms with E-state index in [0.29, 0.717) is 16.8 Å². The van der Waals surface area contributed by atoms with Crippen LogP contribution in [0.3, 0.4) is 0 Å². The van der Waals surface area contributed by atoms with Gasteiger partial charge in [-0.2, -0.15) is 0 Å². The molecule has 2 aromatic rings. The number of thiocarbonyl (C=S) groups is 1. The fourth-order valence-corrected chi connectivity index (χ4v) is 2.33. The predicted octanol–water partition coefficient (Wildman–Crippen LogP) is 2.85. The number of aliphatic carboxylic acids is 1. The fraction of sp³-hybridized carbons (Fsp3) is 0.167. The van der Waals surface area contributed by atoms with E-state index >= 15 is 0 Å². The normalized spacial score (nSPS) is 11.3. The Morgan fingerprint density at radius 1 is 1.08 bits per heavy atom. The van der Waals surface area contributed by atoms with Gasteiger partial charge in [-0.3, -0.25) is 20.0 Å². The van der Waals surface area contributed by atoms with Crippen LogP contribution in [-0.2, 0) is 4.79 Å². The van der Waals surface area contributed by atoms with Crippen molar-refractivity contribution in [3.8, 4) is 0 Å². The molecule has 0 aliphatic rings. The highest BCUT2D eigenvalue weighted by atomic mass is 32.1. The first-order valence-corrected chi connectivity index (χ1v) is 8.03. The third kappa shape index (κ3) is 4.77. The molecule has 0 aromatic heterocycles. The van der Waals surface area contributed by atoms with Gasteiger partial charge in [-0.1, -0.05) is 36.4 Å². The molecule has 25 heavy (non-hydrogen) atoms. The van der Waals surface area contributed by atoms with Crippen molar-refractivity contribution in [3.63, 3.8) is 0 Å². The number of carbonyl (C=O) groups excluding carboxylic acids is 1. The molecule has 0 spiro atoms. The summed E-state index contributed by atoms with van der Waals surface area (Å²) in [4.78, 5) is 23.4. The second kappa shape index (κ2) is 8.25. The zero-order valence-electron chi connectivity index (χ0n) is 13.9. The summed E-state index contributed by atoms with van der Waals surface area (Å²) in [5.41, 5.74) is 4.37. The smallest absolute Gasteiger partial charge is 0.310 e. The van der Waals surface area contributed by atoms with Crippen molar-refractivity contribution in [1.82, 2.24) is 10.4 Å². The van der Waals surface area contributed by atoms with Crippen molar-refractivity contribution in [1.29, 1.82) is 0 Å². The minimum Gasteiger partial charge on any atom is -0.481 e. The van der Waals surface area contributed by atoms with Gasteiger partial charge in [0.05, 0.1) is 5.92 Å². The number of para-hydroxylation sites is 1. The molecule has 2 aromatic carbocycles. The summed E-state index contributed by atoms with van der Waals surface area (Å²) in [6.07, 6.45) is 0. The van der Waals surface area contributed by atoms with Crippen LogP contribution in [0.5, 0.6) is 0 Å². The Kier molecular flexibility index (Phi) is 6.08. The largest absolute Gasteiger partial charge is 0.481 e. The van der Waals surface area contributed by atoms with E-state index in [9.17, 15) is 14.7 Å². The van der Waals surface area contributed by atoms with Crippen LogP contribution in [0.15, 0.2) is 54.6 Å². The number of benzene rings is 2. The van der Waals surface area contributed by atoms with E-state index in [0.717, 1.165) is 0 Å². The molecule has 0 aliphatic carbocycles. The molecule has 0 heterocycles. The molecule has 1 unspecified atom stereocenters. The summed E-state index contributed by atoms with van der Waals surface area (Å²) in [5, 5.41) is 13.8. The van der Waals surface area contributed by atoms with Gasteiger partial charge in [0, 0.05) is 18.3 Å². The monoisotopic (exact) mass is 357 g/mol. The molecule has 0 saturated heterocycles. The maximum atomic E-state index is 12.2. The van der Waals surface area contributed by atoms with Gasteiger partial charge in [0.25, 0.3) is 5.91 Å². The second-order valence-corrected chi connectivity index (χ2v) is 5.83. The lowest BCUT2D eigenvalue weighted by Gasteiger charge is -2.23. The zero-order valence-corrected chi connectivity index (χ0v) is 14.7. The van der Waals surface area contributed by atoms with Crippen LogP contribution < -0.4 is 10.7 Å². The van der Waals surface area contributed by atoms with Gasteiger partial charge in [0.15, 0.2) is 5.11 Å². The molecule has 7 heteroatoms. The van der Waals surface area contributed by atoms with Crippen molar-refractivity contribution in [2.75, 3.05) is 12.4 Å². The Hall–Kier alpha value is -2.93. The number of carbonyl (C=O) groups is 2. The van der Waals surface area contributed by atoms with E-state index < -0.39 is 11.9 Å². The highest BCUT2D eigenvalue weighted by Crippen LogP contribution is 2.24. The summed E-state index contributed by atoms with van der Waals surface area (Å²) in [7, 11) is 1.61. The quantitative estimate of drug-likeness (QED) is 0.577. The number of carboxylic acids is 1. The Labute approximate surface area is 151 Å². The Bertz CT molecular complexity index is 780. The molecular weight excluding hydrogens is 338 g/mol. The SMILES string of the molecule is CC(C(=O)O)c1ccccc1NC(=S)N(C)NC(=O)c1ccccc1. The van der Waals surface area contributed by atoms with E-state index in [1.165, 1.54) is 5.01 Å². The summed E-state index contributed by atoms with van der Waals surface area (Å²) in [5.74, 6) is -1.90. The first-order valence-electron chi connectivity index (χ1n) is 7.62. The molecule has 0 aliphatic heterocycles. The minimum atomic E-state index is -0.925. The van der Waals surface area contributed by atoms with Crippen molar-refractivity contribution in [3.05, 3.63) is 65.7 Å². The Morgan fingerprint density at radius 3 is 2.32 bits per heavy atom. The number of rotatable bonds is 4. The number of nitrogens with zero attached hydrogens (tertiary/aromatic N) is 1. The van der Waals surface area contributed by atoms with Crippen LogP contribution in [0.1, 0.15) is 28.8 Å². The molecular formula is C18H19N3O3S. The van der Waals surface area contributed by atoms with Crippen molar-refractivity contribution < 1.29 is 14.7 Å². The number of hydrogen-bond acceptors (Lipinski definition) is 3. The van der Waals surface area contributed by atoms with Crippen LogP contribution in [0.25, 0.3) is 0 Å². The Morgan fingerprint density at radius 2 is 1.68 bits per heavy atom. The van der Waals surface area contributed by atoms with Gasteiger partial charge in [-0.05, 0) is 42.9 Å². The average molecular weight is 357 g/mol. The lowest BCUT2D eigenvalue weighted by atomic mass is 9.99. The van der Waals surface area contributed by atoms with Crippen molar-refractivity contribution in [2.24, 2.45) is 0 Å². The maximum absolute atomic E-state index is 12.2. The first kappa shape index (κ1) is 18.4. The Balaban J connectivity index is 2.07. The van der Waals surface area contributed by atoms with Crippen LogP contribution in [0, 0.1) is 0 Å². The number of hydrogen-bond donors (Lipinski definition) is 3. The van der Waals surface area contributed by atoms with E-state index in [2.05, 4.69) is 10.7 Å². The number of anilines is 1. The van der Waals surface area contributed by atoms with E-state index in [1.807, 2.05) is 6.07 Å². The highest BCUT2D eigenvalue weighted by Gasteiger charge is 2.18. The predicted molar refractivity (Wildman–Crippen MR) is 100 cm³/mol. The van der Waals surface area contributed by atoms with Gasteiger partial charge >= 0.3 is 5.97 Å². The number of amides is 1. The van der Waals surface area contributed by atoms with Gasteiger partial charge < -0.3 is 10.4 Å². The number of nitrogens with one attached hydrogen (secondary N) is 2. The topological polar surface area (TPSA) is 81.7 Å². The third-order valence-corrected chi connectivity index (χ3v) is 4.03. The summed E-state index contributed by atoms with van der Waals surface area (Å²) >= 11 is 5.29. The molecule has 3 N–H and O–H groups in total. The van der Waals surface area contributed by atoms with Crippen molar-refractivity contribution >= 4 is 34.9 Å². The number of hydrazine groups is 1. The molecule has 2 rings (SSSR count). The fourth-order valence-electron chi connectivity index (χ4n) is 2.18. The standard InChI is InChI=1S/C18H19N3O3S/c1-12(17(23)24)14-10-6-7-11-15(14)19-18(25)21(2)20-16(22)13-8-4-3-5-9-13/h3-12H,1-2H3,(H,19,25)(H,20,22)(H,23,24). The average Bonchev–Trinajstić information content (AvgIpc) is 2.62. The van der Waals surface area contributed by atoms with Crippen LogP contribution >= 0.6 is 12.2 Å². The van der Waals surface area contributed by atoms with E-state index in [1.54, 1.807) is 62.5 Å². The molecule has 1 amide bonds. The van der Waals surface area contributed by atoms with Gasteiger partial charge in [-0.15, -0.1) is 0 Å². The van der Waals surface area contributed by atoms with Crippen LogP contribution in [0.4, 0.5) is 5.69 Å². The third-order valence-electron chi connectivity index (χ3n) is 3.65. The number of carboxylic acid groups (broad SMARTS) is 1. The molecule has 0 saturated carbocycles. The minimum absolute atomic E-state index is 0.245.